The molecule has 0 aliphatic carbocycles. The van der Waals surface area contributed by atoms with Gasteiger partial charge in [0.1, 0.15) is 11.9 Å². The van der Waals surface area contributed by atoms with Crippen LogP contribution < -0.4 is 10.6 Å². The first kappa shape index (κ1) is 17.1. The molecule has 0 aliphatic heterocycles. The number of amides is 2. The third-order valence-electron chi connectivity index (χ3n) is 3.17. The van der Waals surface area contributed by atoms with Crippen LogP contribution in [0.3, 0.4) is 0 Å². The van der Waals surface area contributed by atoms with Crippen molar-refractivity contribution in [3.05, 3.63) is 46.3 Å². The second kappa shape index (κ2) is 7.36. The van der Waals surface area contributed by atoms with Gasteiger partial charge in [-0.25, -0.2) is 0 Å². The monoisotopic (exact) mass is 331 g/mol. The van der Waals surface area contributed by atoms with Gasteiger partial charge in [-0.15, -0.1) is 0 Å². The quantitative estimate of drug-likeness (QED) is 0.620. The third-order valence-corrected chi connectivity index (χ3v) is 3.17. The zero-order valence-electron chi connectivity index (χ0n) is 13.3. The predicted molar refractivity (Wildman–Crippen MR) is 87.6 cm³/mol. The fourth-order valence-corrected chi connectivity index (χ4v) is 2.08. The highest BCUT2D eigenvalue weighted by Gasteiger charge is 2.15. The number of aromatic nitrogens is 2. The molecule has 0 unspecified atom stereocenters. The maximum atomic E-state index is 11.9. The van der Waals surface area contributed by atoms with Crippen LogP contribution in [0, 0.1) is 17.0 Å². The number of hydrogen-bond donors (Lipinski definition) is 2. The molecule has 0 spiro atoms. The molecule has 1 heterocycles. The van der Waals surface area contributed by atoms with E-state index in [9.17, 15) is 19.7 Å². The smallest absolute Gasteiger partial charge is 0.309 e. The number of rotatable bonds is 6. The van der Waals surface area contributed by atoms with Crippen molar-refractivity contribution >= 4 is 28.9 Å². The lowest BCUT2D eigenvalue weighted by Crippen LogP contribution is -2.15. The molecular formula is C15H17N5O4. The maximum absolute atomic E-state index is 11.9. The lowest BCUT2D eigenvalue weighted by Gasteiger charge is -2.07. The Kier molecular flexibility index (Phi) is 5.25. The molecule has 2 N–H and O–H groups in total. The lowest BCUT2D eigenvalue weighted by atomic mass is 10.2. The average Bonchev–Trinajstić information content (AvgIpc) is 2.88. The highest BCUT2D eigenvalue weighted by atomic mass is 16.6. The zero-order valence-corrected chi connectivity index (χ0v) is 13.3. The lowest BCUT2D eigenvalue weighted by molar-refractivity contribution is -0.385. The summed E-state index contributed by atoms with van der Waals surface area (Å²) in [6.07, 6.45) is 1.44. The van der Waals surface area contributed by atoms with Crippen LogP contribution >= 0.6 is 0 Å². The zero-order chi connectivity index (χ0) is 17.7. The normalized spacial score (nSPS) is 10.2. The molecule has 2 rings (SSSR count). The molecule has 1 aromatic carbocycles. The van der Waals surface area contributed by atoms with Gasteiger partial charge in [-0.1, -0.05) is 0 Å². The van der Waals surface area contributed by atoms with E-state index in [1.165, 1.54) is 17.8 Å². The van der Waals surface area contributed by atoms with Crippen molar-refractivity contribution in [3.8, 4) is 0 Å². The molecule has 24 heavy (non-hydrogen) atoms. The summed E-state index contributed by atoms with van der Waals surface area (Å²) < 4.78 is 1.38. The van der Waals surface area contributed by atoms with Crippen LogP contribution in [-0.2, 0) is 16.1 Å². The van der Waals surface area contributed by atoms with Crippen molar-refractivity contribution in [2.75, 3.05) is 10.6 Å². The Morgan fingerprint density at radius 3 is 2.29 bits per heavy atom. The van der Waals surface area contributed by atoms with Crippen molar-refractivity contribution in [3.63, 3.8) is 0 Å². The van der Waals surface area contributed by atoms with Crippen molar-refractivity contribution in [2.45, 2.75) is 26.8 Å². The van der Waals surface area contributed by atoms with Gasteiger partial charge in [0.15, 0.2) is 0 Å². The predicted octanol–water partition coefficient (Wildman–Crippen LogP) is 2.09. The van der Waals surface area contributed by atoms with Crippen molar-refractivity contribution in [1.29, 1.82) is 0 Å². The number of aryl methyl sites for hydroxylation is 2. The summed E-state index contributed by atoms with van der Waals surface area (Å²) >= 11 is 0. The number of carbonyl (C=O) groups is 2. The van der Waals surface area contributed by atoms with Crippen LogP contribution in [-0.4, -0.2) is 26.5 Å². The number of anilines is 2. The minimum Gasteiger partial charge on any atom is -0.326 e. The van der Waals surface area contributed by atoms with E-state index < -0.39 is 4.92 Å². The topological polar surface area (TPSA) is 119 Å². The molecule has 2 amide bonds. The Morgan fingerprint density at radius 2 is 1.79 bits per heavy atom. The van der Waals surface area contributed by atoms with Crippen LogP contribution in [0.4, 0.5) is 17.1 Å². The average molecular weight is 331 g/mol. The largest absolute Gasteiger partial charge is 0.326 e. The molecule has 9 heteroatoms. The Bertz CT molecular complexity index is 767. The van der Waals surface area contributed by atoms with Crippen molar-refractivity contribution in [1.82, 2.24) is 9.78 Å². The summed E-state index contributed by atoms with van der Waals surface area (Å²) in [4.78, 5) is 33.1. The van der Waals surface area contributed by atoms with E-state index >= 15 is 0 Å². The van der Waals surface area contributed by atoms with Gasteiger partial charge < -0.3 is 10.6 Å². The second-order valence-electron chi connectivity index (χ2n) is 5.18. The molecule has 0 aliphatic rings. The van der Waals surface area contributed by atoms with E-state index in [1.807, 2.05) is 0 Å². The van der Waals surface area contributed by atoms with Gasteiger partial charge in [0, 0.05) is 31.3 Å². The number of benzene rings is 1. The Hall–Kier alpha value is -3.23. The number of carbonyl (C=O) groups excluding carboxylic acids is 2. The van der Waals surface area contributed by atoms with Gasteiger partial charge in [-0.3, -0.25) is 24.4 Å². The van der Waals surface area contributed by atoms with Gasteiger partial charge in [-0.05, 0) is 31.2 Å². The molecule has 0 radical (unpaired) electrons. The minimum atomic E-state index is -0.504. The second-order valence-corrected chi connectivity index (χ2v) is 5.18. The summed E-state index contributed by atoms with van der Waals surface area (Å²) in [5.74, 6) is -0.409. The Labute approximate surface area is 137 Å². The number of hydrogen-bond acceptors (Lipinski definition) is 5. The third kappa shape index (κ3) is 4.63. The molecule has 2 aromatic rings. The fourth-order valence-electron chi connectivity index (χ4n) is 2.08. The number of nitrogens with zero attached hydrogens (tertiary/aromatic N) is 3. The first-order valence-corrected chi connectivity index (χ1v) is 7.21. The van der Waals surface area contributed by atoms with Crippen LogP contribution in [0.2, 0.25) is 0 Å². The van der Waals surface area contributed by atoms with Crippen LogP contribution in [0.25, 0.3) is 0 Å². The standard InChI is InChI=1S/C15H17N5O4/c1-10-14(20(23)24)9-19(18-10)8-7-15(22)17-13-5-3-12(4-6-13)16-11(2)21/h3-6,9H,7-8H2,1-2H3,(H,16,21)(H,17,22). The molecule has 126 valence electrons. The number of nitro groups is 1. The van der Waals surface area contributed by atoms with E-state index in [0.29, 0.717) is 17.1 Å². The Balaban J connectivity index is 1.88. The highest BCUT2D eigenvalue weighted by molar-refractivity contribution is 5.92. The van der Waals surface area contributed by atoms with Gasteiger partial charge in [-0.2, -0.15) is 5.10 Å². The van der Waals surface area contributed by atoms with E-state index in [0.717, 1.165) is 0 Å². The highest BCUT2D eigenvalue weighted by Crippen LogP contribution is 2.16. The molecule has 0 saturated carbocycles. The van der Waals surface area contributed by atoms with Gasteiger partial charge in [0.25, 0.3) is 0 Å². The van der Waals surface area contributed by atoms with E-state index in [1.54, 1.807) is 31.2 Å². The Morgan fingerprint density at radius 1 is 1.21 bits per heavy atom. The summed E-state index contributed by atoms with van der Waals surface area (Å²) in [5.41, 5.74) is 1.48. The summed E-state index contributed by atoms with van der Waals surface area (Å²) in [7, 11) is 0. The molecule has 9 nitrogen and oxygen atoms in total. The maximum Gasteiger partial charge on any atom is 0.309 e. The van der Waals surface area contributed by atoms with Gasteiger partial charge in [0.05, 0.1) is 4.92 Å². The van der Waals surface area contributed by atoms with Crippen LogP contribution in [0.15, 0.2) is 30.5 Å². The minimum absolute atomic E-state index is 0.0658. The summed E-state index contributed by atoms with van der Waals surface area (Å²) in [5, 5.41) is 20.1. The van der Waals surface area contributed by atoms with Crippen LogP contribution in [0.5, 0.6) is 0 Å². The van der Waals surface area contributed by atoms with E-state index in [2.05, 4.69) is 15.7 Å². The summed E-state index contributed by atoms with van der Waals surface area (Å²) in [6.45, 7) is 3.20. The fraction of sp³-hybridized carbons (Fsp3) is 0.267. The SMILES string of the molecule is CC(=O)Nc1ccc(NC(=O)CCn2cc([N+](=O)[O-])c(C)n2)cc1. The first-order valence-electron chi connectivity index (χ1n) is 7.21. The molecule has 0 atom stereocenters. The van der Waals surface area contributed by atoms with Gasteiger partial charge >= 0.3 is 5.69 Å². The van der Waals surface area contributed by atoms with Crippen LogP contribution in [0.1, 0.15) is 19.0 Å². The van der Waals surface area contributed by atoms with Gasteiger partial charge in [0.2, 0.25) is 11.8 Å². The molecule has 0 fully saturated rings. The van der Waals surface area contributed by atoms with Crippen molar-refractivity contribution in [2.24, 2.45) is 0 Å². The van der Waals surface area contributed by atoms with E-state index in [4.69, 9.17) is 0 Å². The molecule has 1 aromatic heterocycles. The molecule has 0 saturated heterocycles. The number of nitrogens with one attached hydrogen (secondary N) is 2. The van der Waals surface area contributed by atoms with Crippen molar-refractivity contribution < 1.29 is 14.5 Å². The first-order chi connectivity index (χ1) is 11.3. The molecule has 0 bridgehead atoms. The molecular weight excluding hydrogens is 314 g/mol. The van der Waals surface area contributed by atoms with E-state index in [-0.39, 0.29) is 30.5 Å². The summed E-state index contributed by atoms with van der Waals surface area (Å²) in [6, 6.07) is 6.70.